The minimum Gasteiger partial charge on any atom is -0.329 e. The van der Waals surface area contributed by atoms with Gasteiger partial charge in [-0.15, -0.1) is 0 Å². The Morgan fingerprint density at radius 1 is 1.25 bits per heavy atom. The SMILES string of the molecule is CN(C)C1CCN(C(CN)c2c(F)cccc2F)CC1. The highest BCUT2D eigenvalue weighted by Crippen LogP contribution is 2.28. The van der Waals surface area contributed by atoms with E-state index in [-0.39, 0.29) is 18.2 Å². The number of likely N-dealkylation sites (tertiary alicyclic amines) is 1. The molecule has 112 valence electrons. The van der Waals surface area contributed by atoms with E-state index in [4.69, 9.17) is 5.73 Å². The van der Waals surface area contributed by atoms with Gasteiger partial charge in [0.05, 0.1) is 6.04 Å². The van der Waals surface area contributed by atoms with Crippen LogP contribution in [0.5, 0.6) is 0 Å². The maximum Gasteiger partial charge on any atom is 0.130 e. The molecule has 5 heteroatoms. The van der Waals surface area contributed by atoms with Crippen molar-refractivity contribution in [3.8, 4) is 0 Å². The van der Waals surface area contributed by atoms with Gasteiger partial charge in [0.1, 0.15) is 11.6 Å². The molecule has 0 saturated carbocycles. The molecule has 2 rings (SSSR count). The first-order chi connectivity index (χ1) is 9.54. The van der Waals surface area contributed by atoms with Crippen molar-refractivity contribution in [3.05, 3.63) is 35.4 Å². The van der Waals surface area contributed by atoms with Crippen LogP contribution in [0.1, 0.15) is 24.4 Å². The Bertz CT molecular complexity index is 422. The fourth-order valence-electron chi connectivity index (χ4n) is 2.99. The Hall–Kier alpha value is -1.04. The van der Waals surface area contributed by atoms with Crippen molar-refractivity contribution in [3.63, 3.8) is 0 Å². The lowest BCUT2D eigenvalue weighted by atomic mass is 9.98. The Kier molecular flexibility index (Phi) is 5.07. The Balaban J connectivity index is 2.14. The van der Waals surface area contributed by atoms with Crippen molar-refractivity contribution in [1.82, 2.24) is 9.80 Å². The second-order valence-corrected chi connectivity index (χ2v) is 5.62. The standard InChI is InChI=1S/C15H23F2N3/c1-19(2)11-6-8-20(9-7-11)14(10-18)15-12(16)4-3-5-13(15)17/h3-5,11,14H,6-10,18H2,1-2H3. The van der Waals surface area contributed by atoms with E-state index in [1.54, 1.807) is 0 Å². The number of nitrogens with zero attached hydrogens (tertiary/aromatic N) is 2. The van der Waals surface area contributed by atoms with E-state index in [0.29, 0.717) is 6.04 Å². The molecule has 0 aliphatic carbocycles. The Morgan fingerprint density at radius 2 is 1.80 bits per heavy atom. The molecule has 0 amide bonds. The molecule has 1 heterocycles. The summed E-state index contributed by atoms with van der Waals surface area (Å²) in [6.45, 7) is 1.86. The summed E-state index contributed by atoms with van der Waals surface area (Å²) < 4.78 is 27.8. The van der Waals surface area contributed by atoms with Crippen molar-refractivity contribution in [2.24, 2.45) is 5.73 Å². The van der Waals surface area contributed by atoms with Gasteiger partial charge >= 0.3 is 0 Å². The van der Waals surface area contributed by atoms with Crippen LogP contribution in [0.3, 0.4) is 0 Å². The first-order valence-electron chi connectivity index (χ1n) is 7.09. The molecular formula is C15H23F2N3. The summed E-state index contributed by atoms with van der Waals surface area (Å²) in [5.74, 6) is -1.01. The zero-order chi connectivity index (χ0) is 14.7. The fraction of sp³-hybridized carbons (Fsp3) is 0.600. The molecule has 1 aromatic rings. The average molecular weight is 283 g/mol. The highest BCUT2D eigenvalue weighted by molar-refractivity contribution is 5.24. The van der Waals surface area contributed by atoms with Gasteiger partial charge in [0.15, 0.2) is 0 Å². The molecule has 0 bridgehead atoms. The van der Waals surface area contributed by atoms with E-state index >= 15 is 0 Å². The molecule has 0 radical (unpaired) electrons. The quantitative estimate of drug-likeness (QED) is 0.917. The van der Waals surface area contributed by atoms with Gasteiger partial charge in [0, 0.05) is 31.2 Å². The molecule has 1 unspecified atom stereocenters. The summed E-state index contributed by atoms with van der Waals surface area (Å²) in [4.78, 5) is 4.31. The zero-order valence-corrected chi connectivity index (χ0v) is 12.1. The molecule has 1 fully saturated rings. The highest BCUT2D eigenvalue weighted by atomic mass is 19.1. The van der Waals surface area contributed by atoms with Gasteiger partial charge < -0.3 is 10.6 Å². The van der Waals surface area contributed by atoms with Crippen LogP contribution in [0.25, 0.3) is 0 Å². The van der Waals surface area contributed by atoms with Crippen LogP contribution >= 0.6 is 0 Å². The molecule has 1 atom stereocenters. The van der Waals surface area contributed by atoms with Gasteiger partial charge in [-0.05, 0) is 39.1 Å². The summed E-state index contributed by atoms with van der Waals surface area (Å²) in [6, 6.07) is 4.15. The molecule has 3 nitrogen and oxygen atoms in total. The van der Waals surface area contributed by atoms with Crippen LogP contribution in [-0.4, -0.2) is 49.6 Å². The largest absolute Gasteiger partial charge is 0.329 e. The second kappa shape index (κ2) is 6.61. The summed E-state index contributed by atoms with van der Waals surface area (Å²) in [5, 5.41) is 0. The van der Waals surface area contributed by atoms with E-state index in [1.807, 2.05) is 0 Å². The second-order valence-electron chi connectivity index (χ2n) is 5.62. The lowest BCUT2D eigenvalue weighted by Crippen LogP contribution is -2.45. The maximum atomic E-state index is 13.9. The minimum absolute atomic E-state index is 0.110. The van der Waals surface area contributed by atoms with E-state index in [0.717, 1.165) is 25.9 Å². The molecule has 2 N–H and O–H groups in total. The number of halogens is 2. The third kappa shape index (κ3) is 3.16. The highest BCUT2D eigenvalue weighted by Gasteiger charge is 2.29. The zero-order valence-electron chi connectivity index (χ0n) is 12.1. The monoisotopic (exact) mass is 283 g/mol. The third-order valence-electron chi connectivity index (χ3n) is 4.23. The minimum atomic E-state index is -0.504. The van der Waals surface area contributed by atoms with Gasteiger partial charge in [-0.2, -0.15) is 0 Å². The van der Waals surface area contributed by atoms with Crippen molar-refractivity contribution in [2.45, 2.75) is 24.9 Å². The average Bonchev–Trinajstić information content (AvgIpc) is 2.43. The summed E-state index contributed by atoms with van der Waals surface area (Å²) in [7, 11) is 4.13. The smallest absolute Gasteiger partial charge is 0.130 e. The molecule has 1 aliphatic heterocycles. The van der Waals surface area contributed by atoms with Crippen LogP contribution in [-0.2, 0) is 0 Å². The lowest BCUT2D eigenvalue weighted by Gasteiger charge is -2.39. The lowest BCUT2D eigenvalue weighted by molar-refractivity contribution is 0.107. The number of nitrogens with two attached hydrogens (primary N) is 1. The van der Waals surface area contributed by atoms with Gasteiger partial charge in [0.2, 0.25) is 0 Å². The summed E-state index contributed by atoms with van der Waals surface area (Å²) in [5.41, 5.74) is 5.89. The van der Waals surface area contributed by atoms with Crippen LogP contribution < -0.4 is 5.73 Å². The molecule has 0 spiro atoms. The van der Waals surface area contributed by atoms with Crippen molar-refractivity contribution < 1.29 is 8.78 Å². The topological polar surface area (TPSA) is 32.5 Å². The van der Waals surface area contributed by atoms with Crippen molar-refractivity contribution >= 4 is 0 Å². The van der Waals surface area contributed by atoms with Crippen LogP contribution in [0.15, 0.2) is 18.2 Å². The summed E-state index contributed by atoms with van der Waals surface area (Å²) >= 11 is 0. The van der Waals surface area contributed by atoms with Crippen LogP contribution in [0, 0.1) is 11.6 Å². The van der Waals surface area contributed by atoms with Gasteiger partial charge in [-0.1, -0.05) is 6.07 Å². The van der Waals surface area contributed by atoms with Crippen LogP contribution in [0.4, 0.5) is 8.78 Å². The maximum absolute atomic E-state index is 13.9. The fourth-order valence-corrected chi connectivity index (χ4v) is 2.99. The predicted octanol–water partition coefficient (Wildman–Crippen LogP) is 1.99. The Morgan fingerprint density at radius 3 is 2.25 bits per heavy atom. The number of piperidine rings is 1. The first kappa shape index (κ1) is 15.4. The summed E-state index contributed by atoms with van der Waals surface area (Å²) in [6.07, 6.45) is 2.00. The molecule has 0 aromatic heterocycles. The van der Waals surface area contributed by atoms with E-state index in [1.165, 1.54) is 18.2 Å². The molecule has 1 saturated heterocycles. The first-order valence-corrected chi connectivity index (χ1v) is 7.09. The number of hydrogen-bond donors (Lipinski definition) is 1. The van der Waals surface area contributed by atoms with E-state index in [9.17, 15) is 8.78 Å². The molecule has 1 aromatic carbocycles. The molecular weight excluding hydrogens is 260 g/mol. The predicted molar refractivity (Wildman–Crippen MR) is 76.4 cm³/mol. The van der Waals surface area contributed by atoms with Gasteiger partial charge in [-0.3, -0.25) is 4.90 Å². The number of hydrogen-bond acceptors (Lipinski definition) is 3. The Labute approximate surface area is 119 Å². The van der Waals surface area contributed by atoms with Gasteiger partial charge in [-0.25, -0.2) is 8.78 Å². The van der Waals surface area contributed by atoms with E-state index in [2.05, 4.69) is 23.9 Å². The normalized spacial score (nSPS) is 19.5. The third-order valence-corrected chi connectivity index (χ3v) is 4.23. The van der Waals surface area contributed by atoms with Crippen molar-refractivity contribution in [1.29, 1.82) is 0 Å². The molecule has 20 heavy (non-hydrogen) atoms. The van der Waals surface area contributed by atoms with E-state index < -0.39 is 11.6 Å². The number of rotatable bonds is 4. The molecule has 1 aliphatic rings. The van der Waals surface area contributed by atoms with Crippen molar-refractivity contribution in [2.75, 3.05) is 33.7 Å². The van der Waals surface area contributed by atoms with Gasteiger partial charge in [0.25, 0.3) is 0 Å². The van der Waals surface area contributed by atoms with Crippen LogP contribution in [0.2, 0.25) is 0 Å². The number of benzene rings is 1.